The number of anilines is 1. The molecular formula is C29H28N6O5. The van der Waals surface area contributed by atoms with Gasteiger partial charge in [-0.2, -0.15) is 0 Å². The third-order valence-electron chi connectivity index (χ3n) is 7.16. The Morgan fingerprint density at radius 1 is 1.10 bits per heavy atom. The molecule has 40 heavy (non-hydrogen) atoms. The zero-order valence-corrected chi connectivity index (χ0v) is 22.0. The molecule has 0 unspecified atom stereocenters. The number of methoxy groups -OCH3 is 1. The molecule has 4 heterocycles. The number of benzene rings is 2. The summed E-state index contributed by atoms with van der Waals surface area (Å²) in [5, 5.41) is 11.6. The van der Waals surface area contributed by atoms with Crippen molar-refractivity contribution in [1.82, 2.24) is 19.9 Å². The van der Waals surface area contributed by atoms with Gasteiger partial charge in [-0.05, 0) is 12.1 Å². The molecule has 0 saturated carbocycles. The number of nitrogens with zero attached hydrogens (tertiary/aromatic N) is 5. The molecule has 1 amide bonds. The molecule has 2 aromatic heterocycles. The van der Waals surface area contributed by atoms with Crippen LogP contribution >= 0.6 is 0 Å². The lowest BCUT2D eigenvalue weighted by molar-refractivity contribution is -0.120. The van der Waals surface area contributed by atoms with Crippen LogP contribution < -0.4 is 4.90 Å². The van der Waals surface area contributed by atoms with Crippen LogP contribution in [0.3, 0.4) is 0 Å². The molecule has 11 heteroatoms. The van der Waals surface area contributed by atoms with E-state index in [1.807, 2.05) is 30.3 Å². The third-order valence-corrected chi connectivity index (χ3v) is 7.16. The first kappa shape index (κ1) is 25.7. The normalized spacial score (nSPS) is 15.8. The van der Waals surface area contributed by atoms with Gasteiger partial charge in [0, 0.05) is 42.5 Å². The molecule has 0 bridgehead atoms. The van der Waals surface area contributed by atoms with Crippen molar-refractivity contribution in [3.05, 3.63) is 77.1 Å². The highest BCUT2D eigenvalue weighted by atomic mass is 16.5. The van der Waals surface area contributed by atoms with Crippen LogP contribution in [0.1, 0.15) is 27.2 Å². The maximum Gasteiger partial charge on any atom is 0.337 e. The fourth-order valence-electron chi connectivity index (χ4n) is 5.13. The number of fused-ring (bicyclic) bond motifs is 2. The number of aromatic nitrogens is 3. The number of aromatic hydroxyl groups is 1. The number of H-pyrrole nitrogens is 1. The minimum Gasteiger partial charge on any atom is -0.494 e. The van der Waals surface area contributed by atoms with Gasteiger partial charge in [0.2, 0.25) is 11.9 Å². The van der Waals surface area contributed by atoms with Crippen LogP contribution in [-0.4, -0.2) is 89.0 Å². The summed E-state index contributed by atoms with van der Waals surface area (Å²) in [5.74, 6) is -0.334. The van der Waals surface area contributed by atoms with Crippen LogP contribution in [0.4, 0.5) is 11.6 Å². The van der Waals surface area contributed by atoms with E-state index < -0.39 is 5.97 Å². The number of ether oxygens (including phenoxy) is 2. The van der Waals surface area contributed by atoms with Crippen molar-refractivity contribution < 1.29 is 24.2 Å². The number of amides is 1. The second-order valence-electron chi connectivity index (χ2n) is 9.61. The van der Waals surface area contributed by atoms with Gasteiger partial charge in [0.05, 0.1) is 61.3 Å². The number of carbonyl (C=O) groups is 2. The molecule has 1 saturated heterocycles. The standard InChI is InChI=1S/C29H28N6O5/c1-39-28(38)19-7-8-20-22(15-19)31-27(37)25(20)26(18-5-3-2-4-6-18)33-29-30-16-23-21(32-29)9-10-35(23)24(36)17-34-11-13-40-14-12-34/h2-8,15-16,31,37H,9-14,17H2,1H3. The van der Waals surface area contributed by atoms with Gasteiger partial charge in [0.1, 0.15) is 0 Å². The molecule has 2 N–H and O–H groups in total. The van der Waals surface area contributed by atoms with Crippen LogP contribution in [0.25, 0.3) is 10.9 Å². The monoisotopic (exact) mass is 540 g/mol. The quantitative estimate of drug-likeness (QED) is 0.282. The van der Waals surface area contributed by atoms with Crippen LogP contribution in [0, 0.1) is 0 Å². The maximum atomic E-state index is 13.0. The van der Waals surface area contributed by atoms with E-state index in [0.29, 0.717) is 66.2 Å². The van der Waals surface area contributed by atoms with Crippen molar-refractivity contribution >= 4 is 40.1 Å². The maximum absolute atomic E-state index is 13.0. The summed E-state index contributed by atoms with van der Waals surface area (Å²) in [6, 6.07) is 14.4. The predicted octanol–water partition coefficient (Wildman–Crippen LogP) is 2.84. The topological polar surface area (TPSA) is 133 Å². The van der Waals surface area contributed by atoms with Gasteiger partial charge in [-0.3, -0.25) is 9.69 Å². The van der Waals surface area contributed by atoms with Crippen LogP contribution in [-0.2, 0) is 20.7 Å². The van der Waals surface area contributed by atoms with Crippen LogP contribution in [0.15, 0.2) is 59.7 Å². The Balaban J connectivity index is 1.36. The minimum absolute atomic E-state index is 0.0144. The summed E-state index contributed by atoms with van der Waals surface area (Å²) in [7, 11) is 1.32. The summed E-state index contributed by atoms with van der Waals surface area (Å²) in [5.41, 5.74) is 4.05. The lowest BCUT2D eigenvalue weighted by Gasteiger charge is -2.28. The summed E-state index contributed by atoms with van der Waals surface area (Å²) in [6.45, 7) is 3.62. The Morgan fingerprint density at radius 2 is 1.90 bits per heavy atom. The van der Waals surface area contributed by atoms with E-state index in [2.05, 4.69) is 19.9 Å². The molecule has 0 aliphatic carbocycles. The van der Waals surface area contributed by atoms with E-state index in [0.717, 1.165) is 24.3 Å². The first-order valence-corrected chi connectivity index (χ1v) is 13.1. The number of rotatable bonds is 6. The molecule has 6 rings (SSSR count). The number of carbonyl (C=O) groups excluding carboxylic acids is 2. The molecule has 1 fully saturated rings. The van der Waals surface area contributed by atoms with E-state index in [-0.39, 0.29) is 17.7 Å². The zero-order chi connectivity index (χ0) is 27.6. The first-order chi connectivity index (χ1) is 19.5. The van der Waals surface area contributed by atoms with Crippen molar-refractivity contribution in [2.24, 2.45) is 4.99 Å². The first-order valence-electron chi connectivity index (χ1n) is 13.1. The second kappa shape index (κ2) is 10.9. The van der Waals surface area contributed by atoms with Crippen molar-refractivity contribution in [2.45, 2.75) is 6.42 Å². The highest BCUT2D eigenvalue weighted by molar-refractivity contribution is 6.22. The van der Waals surface area contributed by atoms with E-state index in [1.54, 1.807) is 29.3 Å². The average Bonchev–Trinajstić information content (AvgIpc) is 3.56. The van der Waals surface area contributed by atoms with Gasteiger partial charge in [0.25, 0.3) is 0 Å². The number of hydrogen-bond donors (Lipinski definition) is 2. The van der Waals surface area contributed by atoms with Gasteiger partial charge < -0.3 is 24.5 Å². The van der Waals surface area contributed by atoms with E-state index in [9.17, 15) is 14.7 Å². The summed E-state index contributed by atoms with van der Waals surface area (Å²) in [4.78, 5) is 45.8. The molecule has 0 spiro atoms. The molecule has 11 nitrogen and oxygen atoms in total. The number of morpholine rings is 1. The number of aromatic amines is 1. The van der Waals surface area contributed by atoms with E-state index in [1.165, 1.54) is 7.11 Å². The Hall–Kier alpha value is -4.61. The van der Waals surface area contributed by atoms with Gasteiger partial charge in [-0.15, -0.1) is 0 Å². The van der Waals surface area contributed by atoms with Crippen LogP contribution in [0.2, 0.25) is 0 Å². The SMILES string of the molecule is COC(=O)c1ccc2c(C(=Nc3ncc4c(n3)CCN4C(=O)CN3CCOCC3)c3ccccc3)c(O)[nH]c2c1. The number of hydrogen-bond acceptors (Lipinski definition) is 9. The van der Waals surface area contributed by atoms with Gasteiger partial charge >= 0.3 is 5.97 Å². The molecule has 2 aliphatic heterocycles. The van der Waals surface area contributed by atoms with Crippen molar-refractivity contribution in [1.29, 1.82) is 0 Å². The number of aliphatic imine (C=N–C) groups is 1. The fraction of sp³-hybridized carbons (Fsp3) is 0.276. The smallest absolute Gasteiger partial charge is 0.337 e. The van der Waals surface area contributed by atoms with E-state index in [4.69, 9.17) is 14.5 Å². The third kappa shape index (κ3) is 4.92. The average molecular weight is 541 g/mol. The Labute approximate surface area is 230 Å². The predicted molar refractivity (Wildman–Crippen MR) is 148 cm³/mol. The van der Waals surface area contributed by atoms with Crippen molar-refractivity contribution in [2.75, 3.05) is 51.4 Å². The molecule has 204 valence electrons. The Kier molecular flexibility index (Phi) is 6.97. The Morgan fingerprint density at radius 3 is 2.67 bits per heavy atom. The van der Waals surface area contributed by atoms with Gasteiger partial charge in [0.15, 0.2) is 5.88 Å². The molecular weight excluding hydrogens is 512 g/mol. The molecule has 2 aromatic carbocycles. The highest BCUT2D eigenvalue weighted by Crippen LogP contribution is 2.33. The number of esters is 1. The zero-order valence-electron chi connectivity index (χ0n) is 22.0. The van der Waals surface area contributed by atoms with Crippen LogP contribution in [0.5, 0.6) is 5.88 Å². The van der Waals surface area contributed by atoms with Crippen molar-refractivity contribution in [3.63, 3.8) is 0 Å². The Bertz CT molecular complexity index is 1610. The molecule has 4 aromatic rings. The molecule has 0 atom stereocenters. The lowest BCUT2D eigenvalue weighted by Crippen LogP contribution is -2.44. The fourth-order valence-corrected chi connectivity index (χ4v) is 5.13. The largest absolute Gasteiger partial charge is 0.494 e. The molecule has 2 aliphatic rings. The number of nitrogens with one attached hydrogen (secondary N) is 1. The minimum atomic E-state index is -0.474. The van der Waals surface area contributed by atoms with Gasteiger partial charge in [-0.1, -0.05) is 36.4 Å². The van der Waals surface area contributed by atoms with Gasteiger partial charge in [-0.25, -0.2) is 19.8 Å². The lowest BCUT2D eigenvalue weighted by atomic mass is 10.0. The summed E-state index contributed by atoms with van der Waals surface area (Å²) < 4.78 is 10.2. The van der Waals surface area contributed by atoms with Crippen molar-refractivity contribution in [3.8, 4) is 5.88 Å². The second-order valence-corrected chi connectivity index (χ2v) is 9.61. The van der Waals surface area contributed by atoms with E-state index >= 15 is 0 Å². The highest BCUT2D eigenvalue weighted by Gasteiger charge is 2.28. The summed E-state index contributed by atoms with van der Waals surface area (Å²) >= 11 is 0. The summed E-state index contributed by atoms with van der Waals surface area (Å²) in [6.07, 6.45) is 2.25. The molecule has 0 radical (unpaired) electrons.